The van der Waals surface area contributed by atoms with Gasteiger partial charge in [0.25, 0.3) is 0 Å². The maximum atomic E-state index is 12.4. The predicted molar refractivity (Wildman–Crippen MR) is 67.1 cm³/mol. The van der Waals surface area contributed by atoms with Crippen LogP contribution >= 0.6 is 11.6 Å². The van der Waals surface area contributed by atoms with Gasteiger partial charge >= 0.3 is 18.2 Å². The van der Waals surface area contributed by atoms with Crippen molar-refractivity contribution in [1.82, 2.24) is 5.32 Å². The van der Waals surface area contributed by atoms with E-state index in [0.717, 1.165) is 6.07 Å². The van der Waals surface area contributed by atoms with Crippen LogP contribution in [0.1, 0.15) is 5.56 Å². The highest BCUT2D eigenvalue weighted by atomic mass is 35.5. The van der Waals surface area contributed by atoms with E-state index in [4.69, 9.17) is 21.8 Å². The van der Waals surface area contributed by atoms with Gasteiger partial charge in [0.2, 0.25) is 0 Å². The minimum absolute atomic E-state index is 0.135. The number of aliphatic hydroxyl groups excluding tert-OH is 1. The summed E-state index contributed by atoms with van der Waals surface area (Å²) in [5, 5.41) is 21.0. The smallest absolute Gasteiger partial charge is 0.416 e. The number of hydrogen-bond donors (Lipinski definition) is 4. The third-order valence-electron chi connectivity index (χ3n) is 2.33. The van der Waals surface area contributed by atoms with Crippen molar-refractivity contribution in [3.05, 3.63) is 28.8 Å². The molecule has 2 amide bonds. The fourth-order valence-corrected chi connectivity index (χ4v) is 1.52. The van der Waals surface area contributed by atoms with Gasteiger partial charge in [0, 0.05) is 0 Å². The molecule has 1 unspecified atom stereocenters. The summed E-state index contributed by atoms with van der Waals surface area (Å²) in [5.74, 6) is -1.47. The monoisotopic (exact) mass is 326 g/mol. The maximum absolute atomic E-state index is 12.4. The number of carbonyl (C=O) groups is 2. The van der Waals surface area contributed by atoms with Crippen molar-refractivity contribution in [2.24, 2.45) is 0 Å². The lowest BCUT2D eigenvalue weighted by atomic mass is 10.2. The molecule has 1 rings (SSSR count). The molecule has 0 fully saturated rings. The topological polar surface area (TPSA) is 98.7 Å². The standard InChI is InChI=1S/C11H10ClF3N2O4/c12-6-3-5(11(13,14)15)1-2-7(6)16-10(21)17-8(4-18)9(19)20/h1-3,8,18H,4H2,(H,19,20)(H2,16,17,21). The zero-order chi connectivity index (χ0) is 16.2. The van der Waals surface area contributed by atoms with Crippen molar-refractivity contribution in [3.8, 4) is 0 Å². The molecule has 0 spiro atoms. The van der Waals surface area contributed by atoms with E-state index in [1.807, 2.05) is 5.32 Å². The molecule has 0 saturated heterocycles. The molecular formula is C11H10ClF3N2O4. The second-order valence-corrected chi connectivity index (χ2v) is 4.27. The zero-order valence-corrected chi connectivity index (χ0v) is 11.0. The Morgan fingerprint density at radius 3 is 2.38 bits per heavy atom. The molecule has 1 atom stereocenters. The Morgan fingerprint density at radius 2 is 1.95 bits per heavy atom. The van der Waals surface area contributed by atoms with E-state index >= 15 is 0 Å². The molecule has 0 aliphatic carbocycles. The number of hydrogen-bond acceptors (Lipinski definition) is 3. The molecule has 4 N–H and O–H groups in total. The van der Waals surface area contributed by atoms with Crippen LogP contribution in [0.25, 0.3) is 0 Å². The average Bonchev–Trinajstić information content (AvgIpc) is 2.36. The number of nitrogens with one attached hydrogen (secondary N) is 2. The number of amides is 2. The molecule has 0 aliphatic rings. The van der Waals surface area contributed by atoms with Gasteiger partial charge < -0.3 is 20.8 Å². The van der Waals surface area contributed by atoms with Crippen molar-refractivity contribution in [2.75, 3.05) is 11.9 Å². The minimum Gasteiger partial charge on any atom is -0.480 e. The third kappa shape index (κ3) is 4.80. The van der Waals surface area contributed by atoms with Gasteiger partial charge in [-0.15, -0.1) is 0 Å². The number of urea groups is 1. The van der Waals surface area contributed by atoms with Crippen LogP contribution in [0.3, 0.4) is 0 Å². The highest BCUT2D eigenvalue weighted by Gasteiger charge is 2.31. The molecule has 0 heterocycles. The number of carboxylic acids is 1. The van der Waals surface area contributed by atoms with Gasteiger partial charge in [-0.1, -0.05) is 11.6 Å². The van der Waals surface area contributed by atoms with E-state index in [1.54, 1.807) is 0 Å². The van der Waals surface area contributed by atoms with E-state index in [2.05, 4.69) is 5.32 Å². The van der Waals surface area contributed by atoms with E-state index in [9.17, 15) is 22.8 Å². The van der Waals surface area contributed by atoms with Crippen LogP contribution < -0.4 is 10.6 Å². The molecule has 6 nitrogen and oxygen atoms in total. The van der Waals surface area contributed by atoms with Crippen molar-refractivity contribution < 1.29 is 33.0 Å². The Morgan fingerprint density at radius 1 is 1.33 bits per heavy atom. The molecule has 116 valence electrons. The van der Waals surface area contributed by atoms with Crippen LogP contribution in [0.15, 0.2) is 18.2 Å². The molecule has 0 radical (unpaired) electrons. The minimum atomic E-state index is -4.57. The van der Waals surface area contributed by atoms with Gasteiger partial charge in [0.1, 0.15) is 0 Å². The van der Waals surface area contributed by atoms with Crippen LogP contribution in [0.4, 0.5) is 23.7 Å². The van der Waals surface area contributed by atoms with Crippen LogP contribution in [0, 0.1) is 0 Å². The highest BCUT2D eigenvalue weighted by molar-refractivity contribution is 6.33. The molecule has 0 bridgehead atoms. The van der Waals surface area contributed by atoms with Gasteiger partial charge in [0.05, 0.1) is 22.9 Å². The first-order chi connectivity index (χ1) is 9.65. The van der Waals surface area contributed by atoms with Crippen molar-refractivity contribution in [3.63, 3.8) is 0 Å². The number of anilines is 1. The molecular weight excluding hydrogens is 317 g/mol. The number of aliphatic carboxylic acids is 1. The Bertz CT molecular complexity index is 551. The number of carbonyl (C=O) groups excluding carboxylic acids is 1. The van der Waals surface area contributed by atoms with E-state index in [-0.39, 0.29) is 10.7 Å². The molecule has 1 aromatic carbocycles. The van der Waals surface area contributed by atoms with Gasteiger partial charge in [-0.25, -0.2) is 9.59 Å². The lowest BCUT2D eigenvalue weighted by Crippen LogP contribution is -2.45. The quantitative estimate of drug-likeness (QED) is 0.679. The maximum Gasteiger partial charge on any atom is 0.416 e. The molecule has 1 aromatic rings. The second kappa shape index (κ2) is 6.64. The normalized spacial score (nSPS) is 12.6. The van der Waals surface area contributed by atoms with E-state index < -0.39 is 36.4 Å². The van der Waals surface area contributed by atoms with Crippen molar-refractivity contribution >= 4 is 29.3 Å². The Labute approximate surface area is 121 Å². The van der Waals surface area contributed by atoms with E-state index in [0.29, 0.717) is 12.1 Å². The van der Waals surface area contributed by atoms with Crippen LogP contribution in [0.2, 0.25) is 5.02 Å². The summed E-state index contributed by atoms with van der Waals surface area (Å²) in [6.07, 6.45) is -4.57. The van der Waals surface area contributed by atoms with Crippen molar-refractivity contribution in [1.29, 1.82) is 0 Å². The zero-order valence-electron chi connectivity index (χ0n) is 10.2. The summed E-state index contributed by atoms with van der Waals surface area (Å²) < 4.78 is 37.3. The number of halogens is 4. The largest absolute Gasteiger partial charge is 0.480 e. The molecule has 0 aromatic heterocycles. The van der Waals surface area contributed by atoms with Crippen LogP contribution in [-0.4, -0.2) is 34.9 Å². The summed E-state index contributed by atoms with van der Waals surface area (Å²) in [4.78, 5) is 22.0. The van der Waals surface area contributed by atoms with Crippen LogP contribution in [0.5, 0.6) is 0 Å². The van der Waals surface area contributed by atoms with Gasteiger partial charge in [-0.3, -0.25) is 0 Å². The lowest BCUT2D eigenvalue weighted by molar-refractivity contribution is -0.140. The number of rotatable bonds is 4. The first-order valence-electron chi connectivity index (χ1n) is 5.43. The SMILES string of the molecule is O=C(Nc1ccc(C(F)(F)F)cc1Cl)NC(CO)C(=O)O. The molecule has 10 heteroatoms. The first-order valence-corrected chi connectivity index (χ1v) is 5.81. The van der Waals surface area contributed by atoms with Gasteiger partial charge in [-0.05, 0) is 18.2 Å². The lowest BCUT2D eigenvalue weighted by Gasteiger charge is -2.14. The summed E-state index contributed by atoms with van der Waals surface area (Å²) in [6.45, 7) is -0.844. The average molecular weight is 327 g/mol. The number of aliphatic hydroxyl groups is 1. The Hall–Kier alpha value is -2.00. The Balaban J connectivity index is 2.80. The molecule has 0 saturated carbocycles. The molecule has 0 aliphatic heterocycles. The predicted octanol–water partition coefficient (Wildman–Crippen LogP) is 1.93. The summed E-state index contributed by atoms with van der Waals surface area (Å²) in [5.41, 5.74) is -1.12. The number of benzene rings is 1. The fraction of sp³-hybridized carbons (Fsp3) is 0.273. The van der Waals surface area contributed by atoms with Gasteiger partial charge in [0.15, 0.2) is 6.04 Å². The van der Waals surface area contributed by atoms with Crippen molar-refractivity contribution in [2.45, 2.75) is 12.2 Å². The summed E-state index contributed by atoms with van der Waals surface area (Å²) in [6, 6.07) is -0.309. The Kier molecular flexibility index (Phi) is 5.39. The third-order valence-corrected chi connectivity index (χ3v) is 2.64. The number of carboxylic acid groups (broad SMARTS) is 1. The second-order valence-electron chi connectivity index (χ2n) is 3.86. The van der Waals surface area contributed by atoms with Gasteiger partial charge in [-0.2, -0.15) is 13.2 Å². The summed E-state index contributed by atoms with van der Waals surface area (Å²) in [7, 11) is 0. The van der Waals surface area contributed by atoms with E-state index in [1.165, 1.54) is 0 Å². The molecule has 21 heavy (non-hydrogen) atoms. The first kappa shape index (κ1) is 17.1. The number of alkyl halides is 3. The highest BCUT2D eigenvalue weighted by Crippen LogP contribution is 2.33. The summed E-state index contributed by atoms with van der Waals surface area (Å²) >= 11 is 5.60. The fourth-order valence-electron chi connectivity index (χ4n) is 1.29. The van der Waals surface area contributed by atoms with Crippen LogP contribution in [-0.2, 0) is 11.0 Å².